The highest BCUT2D eigenvalue weighted by molar-refractivity contribution is 5.83. The van der Waals surface area contributed by atoms with Gasteiger partial charge >= 0.3 is 0 Å². The van der Waals surface area contributed by atoms with E-state index >= 15 is 0 Å². The number of nitrogens with zero attached hydrogens (tertiary/aromatic N) is 3. The molecule has 0 saturated heterocycles. The van der Waals surface area contributed by atoms with E-state index in [0.717, 1.165) is 24.2 Å². The van der Waals surface area contributed by atoms with Crippen molar-refractivity contribution in [1.82, 2.24) is 9.38 Å². The number of pyridine rings is 1. The summed E-state index contributed by atoms with van der Waals surface area (Å²) in [6.07, 6.45) is 3.72. The topological polar surface area (TPSA) is 37.6 Å². The first-order valence-electron chi connectivity index (χ1n) is 6.17. The van der Waals surface area contributed by atoms with Crippen molar-refractivity contribution in [1.29, 1.82) is 0 Å². The predicted molar refractivity (Wildman–Crippen MR) is 73.4 cm³/mol. The Morgan fingerprint density at radius 3 is 2.78 bits per heavy atom. The van der Waals surface area contributed by atoms with Gasteiger partial charge in [0.2, 0.25) is 0 Å². The van der Waals surface area contributed by atoms with Gasteiger partial charge in [0.1, 0.15) is 11.3 Å². The maximum atomic E-state index is 11.3. The van der Waals surface area contributed by atoms with Gasteiger partial charge in [-0.15, -0.1) is 0 Å². The van der Waals surface area contributed by atoms with Crippen LogP contribution in [0.2, 0.25) is 0 Å². The van der Waals surface area contributed by atoms with Gasteiger partial charge in [-0.2, -0.15) is 0 Å². The smallest absolute Gasteiger partial charge is 0.170 e. The molecule has 0 aliphatic rings. The number of imidazole rings is 1. The summed E-state index contributed by atoms with van der Waals surface area (Å²) in [6.45, 7) is 6.42. The van der Waals surface area contributed by atoms with Gasteiger partial charge in [-0.25, -0.2) is 4.98 Å². The lowest BCUT2D eigenvalue weighted by atomic mass is 10.00. The van der Waals surface area contributed by atoms with Gasteiger partial charge in [-0.3, -0.25) is 9.20 Å². The standard InChI is InChI=1S/C14H19N3O/c1-5-14(2,3)16(4)13-11(10-18)17-9-7-6-8-12(17)15-13/h6-10H,5H2,1-4H3. The Morgan fingerprint density at radius 1 is 1.44 bits per heavy atom. The van der Waals surface area contributed by atoms with Crippen LogP contribution in [0.4, 0.5) is 5.82 Å². The van der Waals surface area contributed by atoms with E-state index in [0.29, 0.717) is 5.69 Å². The van der Waals surface area contributed by atoms with Crippen molar-refractivity contribution in [3.63, 3.8) is 0 Å². The van der Waals surface area contributed by atoms with Crippen LogP contribution in [0.15, 0.2) is 24.4 Å². The zero-order valence-corrected chi connectivity index (χ0v) is 11.3. The van der Waals surface area contributed by atoms with Crippen molar-refractivity contribution in [3.8, 4) is 0 Å². The number of fused-ring (bicyclic) bond motifs is 1. The molecule has 0 atom stereocenters. The van der Waals surface area contributed by atoms with Gasteiger partial charge in [-0.05, 0) is 32.4 Å². The van der Waals surface area contributed by atoms with E-state index in [1.165, 1.54) is 0 Å². The minimum Gasteiger partial charge on any atom is -0.353 e. The fraction of sp³-hybridized carbons (Fsp3) is 0.429. The van der Waals surface area contributed by atoms with Gasteiger partial charge in [0.25, 0.3) is 0 Å². The van der Waals surface area contributed by atoms with Crippen LogP contribution >= 0.6 is 0 Å². The van der Waals surface area contributed by atoms with E-state index < -0.39 is 0 Å². The maximum absolute atomic E-state index is 11.3. The number of hydrogen-bond donors (Lipinski definition) is 0. The van der Waals surface area contributed by atoms with E-state index in [-0.39, 0.29) is 5.54 Å². The quantitative estimate of drug-likeness (QED) is 0.777. The van der Waals surface area contributed by atoms with Crippen LogP contribution in [-0.2, 0) is 0 Å². The number of anilines is 1. The molecule has 4 heteroatoms. The van der Waals surface area contributed by atoms with Gasteiger partial charge < -0.3 is 4.90 Å². The van der Waals surface area contributed by atoms with E-state index in [1.807, 2.05) is 35.8 Å². The molecule has 0 aliphatic heterocycles. The van der Waals surface area contributed by atoms with Crippen molar-refractivity contribution in [3.05, 3.63) is 30.1 Å². The summed E-state index contributed by atoms with van der Waals surface area (Å²) in [5, 5.41) is 0. The van der Waals surface area contributed by atoms with Crippen molar-refractivity contribution >= 4 is 17.8 Å². The van der Waals surface area contributed by atoms with E-state index in [2.05, 4.69) is 30.7 Å². The summed E-state index contributed by atoms with van der Waals surface area (Å²) < 4.78 is 1.82. The third-order valence-corrected chi connectivity index (χ3v) is 3.75. The SMILES string of the molecule is CCC(C)(C)N(C)c1nc2ccccn2c1C=O. The molecule has 0 radical (unpaired) electrons. The van der Waals surface area contributed by atoms with Crippen LogP contribution in [0.5, 0.6) is 0 Å². The zero-order chi connectivity index (χ0) is 13.3. The molecular weight excluding hydrogens is 226 g/mol. The molecule has 0 N–H and O–H groups in total. The van der Waals surface area contributed by atoms with Crippen molar-refractivity contribution in [2.75, 3.05) is 11.9 Å². The first kappa shape index (κ1) is 12.6. The summed E-state index contributed by atoms with van der Waals surface area (Å²) in [5.41, 5.74) is 1.37. The monoisotopic (exact) mass is 245 g/mol. The average Bonchev–Trinajstić information content (AvgIpc) is 2.75. The lowest BCUT2D eigenvalue weighted by Crippen LogP contribution is -2.41. The molecule has 96 valence electrons. The third-order valence-electron chi connectivity index (χ3n) is 3.75. The number of carbonyl (C=O) groups is 1. The Hall–Kier alpha value is -1.84. The van der Waals surface area contributed by atoms with Crippen molar-refractivity contribution in [2.24, 2.45) is 0 Å². The summed E-state index contributed by atoms with van der Waals surface area (Å²) in [6, 6.07) is 5.73. The van der Waals surface area contributed by atoms with Crippen LogP contribution in [0.25, 0.3) is 5.65 Å². The fourth-order valence-electron chi connectivity index (χ4n) is 1.88. The van der Waals surface area contributed by atoms with Gasteiger partial charge in [0, 0.05) is 18.8 Å². The molecule has 2 heterocycles. The fourth-order valence-corrected chi connectivity index (χ4v) is 1.88. The van der Waals surface area contributed by atoms with Crippen molar-refractivity contribution < 1.29 is 4.79 Å². The minimum atomic E-state index is -0.0320. The van der Waals surface area contributed by atoms with Gasteiger partial charge in [0.15, 0.2) is 12.1 Å². The molecule has 18 heavy (non-hydrogen) atoms. The average molecular weight is 245 g/mol. The molecule has 2 aromatic rings. The van der Waals surface area contributed by atoms with Crippen LogP contribution in [0.3, 0.4) is 0 Å². The van der Waals surface area contributed by atoms with Gasteiger partial charge in [-0.1, -0.05) is 13.0 Å². The molecule has 0 bridgehead atoms. The summed E-state index contributed by atoms with van der Waals surface area (Å²) in [7, 11) is 1.98. The highest BCUT2D eigenvalue weighted by atomic mass is 16.1. The van der Waals surface area contributed by atoms with E-state index in [4.69, 9.17) is 0 Å². The highest BCUT2D eigenvalue weighted by Gasteiger charge is 2.26. The number of hydrogen-bond acceptors (Lipinski definition) is 3. The second-order valence-electron chi connectivity index (χ2n) is 5.09. The van der Waals surface area contributed by atoms with Crippen LogP contribution < -0.4 is 4.90 Å². The van der Waals surface area contributed by atoms with Crippen LogP contribution in [0.1, 0.15) is 37.7 Å². The number of aromatic nitrogens is 2. The molecule has 0 fully saturated rings. The van der Waals surface area contributed by atoms with Crippen molar-refractivity contribution in [2.45, 2.75) is 32.7 Å². The molecule has 0 aliphatic carbocycles. The molecular formula is C14H19N3O. The molecule has 0 aromatic carbocycles. The zero-order valence-electron chi connectivity index (χ0n) is 11.3. The van der Waals surface area contributed by atoms with E-state index in [1.54, 1.807) is 0 Å². The Balaban J connectivity index is 2.60. The van der Waals surface area contributed by atoms with E-state index in [9.17, 15) is 4.79 Å². The number of aldehydes is 1. The highest BCUT2D eigenvalue weighted by Crippen LogP contribution is 2.27. The molecule has 0 amide bonds. The van der Waals surface area contributed by atoms with Crippen LogP contribution in [0, 0.1) is 0 Å². The number of carbonyl (C=O) groups excluding carboxylic acids is 1. The Labute approximate surface area is 107 Å². The third kappa shape index (κ3) is 1.88. The molecule has 0 saturated carbocycles. The second kappa shape index (κ2) is 4.44. The second-order valence-corrected chi connectivity index (χ2v) is 5.09. The maximum Gasteiger partial charge on any atom is 0.170 e. The first-order valence-corrected chi connectivity index (χ1v) is 6.17. The lowest BCUT2D eigenvalue weighted by Gasteiger charge is -2.35. The molecule has 0 spiro atoms. The molecule has 2 aromatic heterocycles. The Bertz CT molecular complexity index is 571. The minimum absolute atomic E-state index is 0.0320. The molecule has 2 rings (SSSR count). The Kier molecular flexibility index (Phi) is 3.11. The largest absolute Gasteiger partial charge is 0.353 e. The summed E-state index contributed by atoms with van der Waals surface area (Å²) in [5.74, 6) is 0.739. The van der Waals surface area contributed by atoms with Gasteiger partial charge in [0.05, 0.1) is 0 Å². The first-order chi connectivity index (χ1) is 8.51. The summed E-state index contributed by atoms with van der Waals surface area (Å²) in [4.78, 5) is 18.0. The molecule has 4 nitrogen and oxygen atoms in total. The Morgan fingerprint density at radius 2 is 2.17 bits per heavy atom. The lowest BCUT2D eigenvalue weighted by molar-refractivity contribution is 0.111. The molecule has 0 unspecified atom stereocenters. The van der Waals surface area contributed by atoms with Crippen LogP contribution in [-0.4, -0.2) is 28.3 Å². The summed E-state index contributed by atoms with van der Waals surface area (Å²) >= 11 is 0. The predicted octanol–water partition coefficient (Wildman–Crippen LogP) is 2.77. The normalized spacial score (nSPS) is 11.8. The number of rotatable bonds is 4.